The number of aliphatic hydroxyl groups is 1. The molecule has 1 aromatic rings. The fourth-order valence-corrected chi connectivity index (χ4v) is 1.34. The van der Waals surface area contributed by atoms with Crippen LogP contribution < -0.4 is 5.32 Å². The summed E-state index contributed by atoms with van der Waals surface area (Å²) in [6, 6.07) is 7.26. The molecule has 18 heavy (non-hydrogen) atoms. The number of hydrogen-bond donors (Lipinski definition) is 2. The van der Waals surface area contributed by atoms with Gasteiger partial charge in [-0.1, -0.05) is 32.6 Å². The normalized spacial score (nSPS) is 11.6. The van der Waals surface area contributed by atoms with Crippen molar-refractivity contribution in [1.82, 2.24) is 0 Å². The monoisotopic (exact) mass is 245 g/mol. The van der Waals surface area contributed by atoms with Crippen molar-refractivity contribution in [3.8, 4) is 11.8 Å². The van der Waals surface area contributed by atoms with E-state index in [0.29, 0.717) is 5.92 Å². The summed E-state index contributed by atoms with van der Waals surface area (Å²) in [5.74, 6) is 5.71. The smallest absolute Gasteiger partial charge is 0.227 e. The Morgan fingerprint density at radius 1 is 1.28 bits per heavy atom. The minimum Gasteiger partial charge on any atom is -0.384 e. The molecule has 1 amide bonds. The zero-order chi connectivity index (χ0) is 13.5. The molecular formula is C15H19NO2. The van der Waals surface area contributed by atoms with Crippen LogP contribution in [0, 0.1) is 23.7 Å². The molecule has 0 aliphatic heterocycles. The number of nitrogens with one attached hydrogen (secondary N) is 1. The highest BCUT2D eigenvalue weighted by Gasteiger charge is 2.16. The van der Waals surface area contributed by atoms with Crippen molar-refractivity contribution >= 4 is 11.6 Å². The summed E-state index contributed by atoms with van der Waals surface area (Å²) in [7, 11) is 0. The molecular weight excluding hydrogens is 226 g/mol. The molecule has 0 aliphatic carbocycles. The van der Waals surface area contributed by atoms with Gasteiger partial charge >= 0.3 is 0 Å². The highest BCUT2D eigenvalue weighted by molar-refractivity contribution is 5.92. The average Bonchev–Trinajstić information content (AvgIpc) is 2.36. The van der Waals surface area contributed by atoms with Crippen LogP contribution in [-0.2, 0) is 4.79 Å². The Morgan fingerprint density at radius 3 is 2.39 bits per heavy atom. The summed E-state index contributed by atoms with van der Waals surface area (Å²) in [6.45, 7) is 5.82. The van der Waals surface area contributed by atoms with E-state index < -0.39 is 0 Å². The molecule has 0 spiro atoms. The van der Waals surface area contributed by atoms with Crippen LogP contribution in [0.1, 0.15) is 26.3 Å². The predicted molar refractivity (Wildman–Crippen MR) is 73.0 cm³/mol. The van der Waals surface area contributed by atoms with Crippen LogP contribution in [0.25, 0.3) is 0 Å². The molecule has 0 radical (unpaired) electrons. The van der Waals surface area contributed by atoms with Gasteiger partial charge in [0.15, 0.2) is 0 Å². The van der Waals surface area contributed by atoms with Crippen molar-refractivity contribution in [2.75, 3.05) is 11.9 Å². The molecule has 96 valence electrons. The fraction of sp³-hybridized carbons (Fsp3) is 0.400. The van der Waals surface area contributed by atoms with E-state index >= 15 is 0 Å². The van der Waals surface area contributed by atoms with E-state index in [9.17, 15) is 4.79 Å². The van der Waals surface area contributed by atoms with Crippen LogP contribution in [0.4, 0.5) is 5.69 Å². The van der Waals surface area contributed by atoms with Crippen LogP contribution in [0.2, 0.25) is 0 Å². The Hall–Kier alpha value is -1.79. The Labute approximate surface area is 108 Å². The first kappa shape index (κ1) is 14.3. The van der Waals surface area contributed by atoms with Crippen molar-refractivity contribution in [2.45, 2.75) is 20.8 Å². The molecule has 1 rings (SSSR count). The molecule has 0 saturated heterocycles. The summed E-state index contributed by atoms with van der Waals surface area (Å²) in [5, 5.41) is 11.5. The van der Waals surface area contributed by atoms with Crippen molar-refractivity contribution < 1.29 is 9.90 Å². The molecule has 0 heterocycles. The van der Waals surface area contributed by atoms with Gasteiger partial charge in [0.2, 0.25) is 5.91 Å². The first-order chi connectivity index (χ1) is 8.54. The molecule has 0 saturated carbocycles. The van der Waals surface area contributed by atoms with Crippen molar-refractivity contribution in [2.24, 2.45) is 11.8 Å². The second kappa shape index (κ2) is 6.83. The van der Waals surface area contributed by atoms with Gasteiger partial charge in [-0.25, -0.2) is 0 Å². The molecule has 0 aliphatic rings. The van der Waals surface area contributed by atoms with Gasteiger partial charge in [-0.3, -0.25) is 4.79 Å². The van der Waals surface area contributed by atoms with Crippen molar-refractivity contribution in [3.05, 3.63) is 29.8 Å². The molecule has 1 atom stereocenters. The first-order valence-electron chi connectivity index (χ1n) is 6.05. The molecule has 1 unspecified atom stereocenters. The molecule has 0 bridgehead atoms. The third-order valence-corrected chi connectivity index (χ3v) is 2.88. The number of rotatable bonds is 3. The zero-order valence-corrected chi connectivity index (χ0v) is 11.0. The van der Waals surface area contributed by atoms with Crippen LogP contribution in [0.3, 0.4) is 0 Å². The van der Waals surface area contributed by atoms with Crippen LogP contribution >= 0.6 is 0 Å². The molecule has 0 aromatic heterocycles. The Bertz CT molecular complexity index is 452. The van der Waals surface area contributed by atoms with Gasteiger partial charge in [-0.15, -0.1) is 0 Å². The van der Waals surface area contributed by atoms with E-state index in [0.717, 1.165) is 11.3 Å². The summed E-state index contributed by atoms with van der Waals surface area (Å²) in [4.78, 5) is 11.8. The largest absolute Gasteiger partial charge is 0.384 e. The number of hydrogen-bond acceptors (Lipinski definition) is 2. The van der Waals surface area contributed by atoms with E-state index in [1.54, 1.807) is 0 Å². The quantitative estimate of drug-likeness (QED) is 0.802. The Kier molecular flexibility index (Phi) is 5.41. The van der Waals surface area contributed by atoms with E-state index in [4.69, 9.17) is 5.11 Å². The standard InChI is InChI=1S/C15H19NO2/c1-11(2)12(3)15(18)16-14-8-6-13(7-9-14)5-4-10-17/h6-9,11-12,17H,10H2,1-3H3,(H,16,18). The third kappa shape index (κ3) is 4.23. The number of benzene rings is 1. The molecule has 1 aromatic carbocycles. The van der Waals surface area contributed by atoms with Gasteiger partial charge < -0.3 is 10.4 Å². The van der Waals surface area contributed by atoms with Gasteiger partial charge in [0.25, 0.3) is 0 Å². The topological polar surface area (TPSA) is 49.3 Å². The van der Waals surface area contributed by atoms with Crippen molar-refractivity contribution in [3.63, 3.8) is 0 Å². The van der Waals surface area contributed by atoms with Gasteiger partial charge in [0.05, 0.1) is 0 Å². The second-order valence-corrected chi connectivity index (χ2v) is 4.56. The minimum atomic E-state index is -0.148. The second-order valence-electron chi connectivity index (χ2n) is 4.56. The van der Waals surface area contributed by atoms with E-state index in [-0.39, 0.29) is 18.4 Å². The van der Waals surface area contributed by atoms with E-state index in [1.165, 1.54) is 0 Å². The van der Waals surface area contributed by atoms with Crippen molar-refractivity contribution in [1.29, 1.82) is 0 Å². The van der Waals surface area contributed by atoms with Crippen LogP contribution in [0.5, 0.6) is 0 Å². The van der Waals surface area contributed by atoms with Crippen LogP contribution in [0.15, 0.2) is 24.3 Å². The van der Waals surface area contributed by atoms with E-state index in [2.05, 4.69) is 17.2 Å². The number of aliphatic hydroxyl groups excluding tert-OH is 1. The first-order valence-corrected chi connectivity index (χ1v) is 6.05. The SMILES string of the molecule is CC(C)C(C)C(=O)Nc1ccc(C#CCO)cc1. The number of amides is 1. The highest BCUT2D eigenvalue weighted by Crippen LogP contribution is 2.14. The molecule has 0 fully saturated rings. The lowest BCUT2D eigenvalue weighted by Crippen LogP contribution is -2.24. The zero-order valence-electron chi connectivity index (χ0n) is 11.0. The molecule has 3 nitrogen and oxygen atoms in total. The maximum Gasteiger partial charge on any atom is 0.227 e. The Morgan fingerprint density at radius 2 is 1.89 bits per heavy atom. The van der Waals surface area contributed by atoms with E-state index in [1.807, 2.05) is 45.0 Å². The van der Waals surface area contributed by atoms with Gasteiger partial charge in [0, 0.05) is 17.2 Å². The Balaban J connectivity index is 2.66. The lowest BCUT2D eigenvalue weighted by Gasteiger charge is -2.15. The lowest BCUT2D eigenvalue weighted by atomic mass is 9.97. The lowest BCUT2D eigenvalue weighted by molar-refractivity contribution is -0.120. The van der Waals surface area contributed by atoms with Gasteiger partial charge in [0.1, 0.15) is 6.61 Å². The summed E-state index contributed by atoms with van der Waals surface area (Å²) >= 11 is 0. The average molecular weight is 245 g/mol. The maximum absolute atomic E-state index is 11.8. The molecule has 2 N–H and O–H groups in total. The third-order valence-electron chi connectivity index (χ3n) is 2.88. The van der Waals surface area contributed by atoms with Gasteiger partial charge in [-0.2, -0.15) is 0 Å². The minimum absolute atomic E-state index is 0.0149. The predicted octanol–water partition coefficient (Wildman–Crippen LogP) is 2.26. The number of anilines is 1. The highest BCUT2D eigenvalue weighted by atomic mass is 16.2. The molecule has 3 heteroatoms. The summed E-state index contributed by atoms with van der Waals surface area (Å²) in [6.07, 6.45) is 0. The van der Waals surface area contributed by atoms with Gasteiger partial charge in [-0.05, 0) is 30.2 Å². The summed E-state index contributed by atoms with van der Waals surface area (Å²) in [5.41, 5.74) is 1.58. The number of carbonyl (C=O) groups excluding carboxylic acids is 1. The summed E-state index contributed by atoms with van der Waals surface area (Å²) < 4.78 is 0. The maximum atomic E-state index is 11.8. The number of carbonyl (C=O) groups is 1. The fourth-order valence-electron chi connectivity index (χ4n) is 1.34. The van der Waals surface area contributed by atoms with Crippen LogP contribution in [-0.4, -0.2) is 17.6 Å².